The van der Waals surface area contributed by atoms with Gasteiger partial charge in [-0.25, -0.2) is 4.39 Å². The van der Waals surface area contributed by atoms with E-state index in [1.807, 2.05) is 6.92 Å². The van der Waals surface area contributed by atoms with Crippen LogP contribution in [0.4, 0.5) is 4.39 Å². The summed E-state index contributed by atoms with van der Waals surface area (Å²) in [7, 11) is 0. The van der Waals surface area contributed by atoms with Gasteiger partial charge in [0.2, 0.25) is 5.91 Å². The summed E-state index contributed by atoms with van der Waals surface area (Å²) in [6, 6.07) is 4.27. The first-order valence-corrected chi connectivity index (χ1v) is 4.16. The molecular weight excluding hydrogens is 183 g/mol. The van der Waals surface area contributed by atoms with Crippen LogP contribution in [0, 0.1) is 12.7 Å². The Morgan fingerprint density at radius 3 is 2.79 bits per heavy atom. The molecule has 14 heavy (non-hydrogen) atoms. The van der Waals surface area contributed by atoms with Crippen molar-refractivity contribution < 1.29 is 9.18 Å². The second-order valence-corrected chi connectivity index (χ2v) is 3.23. The van der Waals surface area contributed by atoms with E-state index in [0.717, 1.165) is 11.8 Å². The second kappa shape index (κ2) is 2.83. The maximum atomic E-state index is 13.0. The quantitative estimate of drug-likeness (QED) is 0.710. The molecule has 0 spiro atoms. The van der Waals surface area contributed by atoms with E-state index in [-0.39, 0.29) is 5.56 Å². The van der Waals surface area contributed by atoms with Crippen LogP contribution in [0.1, 0.15) is 16.1 Å². The topological polar surface area (TPSA) is 58.9 Å². The average molecular weight is 192 g/mol. The number of halogens is 1. The van der Waals surface area contributed by atoms with Crippen LogP contribution in [0.25, 0.3) is 10.9 Å². The minimum Gasteiger partial charge on any atom is -0.366 e. The van der Waals surface area contributed by atoms with Gasteiger partial charge in [-0.3, -0.25) is 4.79 Å². The molecule has 0 aliphatic rings. The minimum atomic E-state index is -0.617. The van der Waals surface area contributed by atoms with Gasteiger partial charge in [0.25, 0.3) is 0 Å². The molecule has 0 atom stereocenters. The van der Waals surface area contributed by atoms with Crippen molar-refractivity contribution in [1.82, 2.24) is 4.98 Å². The van der Waals surface area contributed by atoms with Crippen molar-refractivity contribution in [3.63, 3.8) is 0 Å². The number of aryl methyl sites for hydroxylation is 1. The zero-order chi connectivity index (χ0) is 10.3. The van der Waals surface area contributed by atoms with Gasteiger partial charge in [-0.2, -0.15) is 0 Å². The third-order valence-electron chi connectivity index (χ3n) is 2.10. The summed E-state index contributed by atoms with van der Waals surface area (Å²) in [5.74, 6) is -1.08. The second-order valence-electron chi connectivity index (χ2n) is 3.23. The number of nitrogens with two attached hydrogens (primary N) is 1. The van der Waals surface area contributed by atoms with Gasteiger partial charge in [0.1, 0.15) is 5.82 Å². The lowest BCUT2D eigenvalue weighted by atomic mass is 10.1. The zero-order valence-electron chi connectivity index (χ0n) is 7.60. The molecule has 0 fully saturated rings. The number of hydrogen-bond acceptors (Lipinski definition) is 1. The summed E-state index contributed by atoms with van der Waals surface area (Å²) in [5.41, 5.74) is 6.81. The van der Waals surface area contributed by atoms with Crippen molar-refractivity contribution in [3.05, 3.63) is 35.3 Å². The molecule has 0 unspecified atom stereocenters. The number of carbonyl (C=O) groups is 1. The molecule has 2 aromatic rings. The Bertz CT molecular complexity index is 516. The van der Waals surface area contributed by atoms with E-state index < -0.39 is 11.7 Å². The van der Waals surface area contributed by atoms with Crippen molar-refractivity contribution in [3.8, 4) is 0 Å². The number of carbonyl (C=O) groups excluding carboxylic acids is 1. The van der Waals surface area contributed by atoms with Crippen LogP contribution in [0.5, 0.6) is 0 Å². The van der Waals surface area contributed by atoms with Gasteiger partial charge in [-0.05, 0) is 25.1 Å². The fourth-order valence-electron chi connectivity index (χ4n) is 1.55. The maximum Gasteiger partial charge on any atom is 0.249 e. The number of benzene rings is 1. The van der Waals surface area contributed by atoms with Crippen LogP contribution in [-0.4, -0.2) is 10.9 Å². The van der Waals surface area contributed by atoms with Gasteiger partial charge < -0.3 is 10.7 Å². The molecular formula is C10H9FN2O. The van der Waals surface area contributed by atoms with Crippen LogP contribution >= 0.6 is 0 Å². The molecule has 1 amide bonds. The normalized spacial score (nSPS) is 10.7. The molecule has 3 nitrogen and oxygen atoms in total. The first kappa shape index (κ1) is 8.74. The van der Waals surface area contributed by atoms with E-state index in [4.69, 9.17) is 5.73 Å². The fourth-order valence-corrected chi connectivity index (χ4v) is 1.55. The van der Waals surface area contributed by atoms with Gasteiger partial charge in [0, 0.05) is 16.6 Å². The summed E-state index contributed by atoms with van der Waals surface area (Å²) < 4.78 is 13.0. The fraction of sp³-hybridized carbons (Fsp3) is 0.100. The summed E-state index contributed by atoms with van der Waals surface area (Å²) >= 11 is 0. The van der Waals surface area contributed by atoms with Crippen molar-refractivity contribution in [2.24, 2.45) is 5.73 Å². The first-order chi connectivity index (χ1) is 6.58. The van der Waals surface area contributed by atoms with Crippen molar-refractivity contribution >= 4 is 16.8 Å². The Morgan fingerprint density at radius 1 is 1.43 bits per heavy atom. The van der Waals surface area contributed by atoms with Crippen molar-refractivity contribution in [1.29, 1.82) is 0 Å². The van der Waals surface area contributed by atoms with Crippen molar-refractivity contribution in [2.45, 2.75) is 6.92 Å². The van der Waals surface area contributed by atoms with Crippen LogP contribution in [-0.2, 0) is 0 Å². The molecule has 0 aliphatic carbocycles. The molecule has 0 bridgehead atoms. The molecule has 1 aromatic heterocycles. The van der Waals surface area contributed by atoms with Gasteiger partial charge in [-0.1, -0.05) is 0 Å². The van der Waals surface area contributed by atoms with Gasteiger partial charge in [-0.15, -0.1) is 0 Å². The summed E-state index contributed by atoms with van der Waals surface area (Å²) in [5, 5.41) is 0.663. The van der Waals surface area contributed by atoms with Gasteiger partial charge in [0.15, 0.2) is 0 Å². The van der Waals surface area contributed by atoms with Crippen molar-refractivity contribution in [2.75, 3.05) is 0 Å². The molecule has 0 saturated carbocycles. The number of primary amides is 1. The van der Waals surface area contributed by atoms with E-state index in [9.17, 15) is 9.18 Å². The zero-order valence-corrected chi connectivity index (χ0v) is 7.60. The minimum absolute atomic E-state index is 0.212. The number of amides is 1. The Hall–Kier alpha value is -1.84. The Labute approximate surface area is 79.7 Å². The predicted molar refractivity (Wildman–Crippen MR) is 51.5 cm³/mol. The predicted octanol–water partition coefficient (Wildman–Crippen LogP) is 1.71. The highest BCUT2D eigenvalue weighted by atomic mass is 19.1. The summed E-state index contributed by atoms with van der Waals surface area (Å²) in [4.78, 5) is 14.0. The smallest absolute Gasteiger partial charge is 0.249 e. The highest BCUT2D eigenvalue weighted by Crippen LogP contribution is 2.21. The lowest BCUT2D eigenvalue weighted by Crippen LogP contribution is -2.11. The largest absolute Gasteiger partial charge is 0.366 e. The van der Waals surface area contributed by atoms with E-state index >= 15 is 0 Å². The van der Waals surface area contributed by atoms with Crippen LogP contribution < -0.4 is 5.73 Å². The third kappa shape index (κ3) is 1.25. The molecule has 72 valence electrons. The highest BCUT2D eigenvalue weighted by molar-refractivity contribution is 6.05. The monoisotopic (exact) mass is 192 g/mol. The standard InChI is InChI=1S/C10H9FN2O/c1-5-2-7-8(10(12)14)3-6(11)4-9(7)13-5/h2-4,13H,1H3,(H2,12,14). The molecule has 1 aromatic carbocycles. The lowest BCUT2D eigenvalue weighted by Gasteiger charge is -1.98. The average Bonchev–Trinajstić information content (AvgIpc) is 2.42. The van der Waals surface area contributed by atoms with Crippen LogP contribution in [0.2, 0.25) is 0 Å². The number of aromatic nitrogens is 1. The Balaban J connectivity index is 2.85. The summed E-state index contributed by atoms with van der Waals surface area (Å²) in [6.45, 7) is 1.84. The highest BCUT2D eigenvalue weighted by Gasteiger charge is 2.10. The molecule has 1 heterocycles. The number of aromatic amines is 1. The number of nitrogens with one attached hydrogen (secondary N) is 1. The van der Waals surface area contributed by atoms with Crippen LogP contribution in [0.15, 0.2) is 18.2 Å². The maximum absolute atomic E-state index is 13.0. The van der Waals surface area contributed by atoms with E-state index in [1.165, 1.54) is 6.07 Å². The van der Waals surface area contributed by atoms with Crippen LogP contribution in [0.3, 0.4) is 0 Å². The molecule has 0 radical (unpaired) electrons. The molecule has 4 heteroatoms. The Kier molecular flexibility index (Phi) is 1.77. The van der Waals surface area contributed by atoms with Gasteiger partial charge in [0.05, 0.1) is 5.56 Å². The number of H-pyrrole nitrogens is 1. The number of fused-ring (bicyclic) bond motifs is 1. The SMILES string of the molecule is Cc1cc2c(C(N)=O)cc(F)cc2[nH]1. The molecule has 0 saturated heterocycles. The van der Waals surface area contributed by atoms with Gasteiger partial charge >= 0.3 is 0 Å². The van der Waals surface area contributed by atoms with E-state index in [0.29, 0.717) is 10.9 Å². The molecule has 2 rings (SSSR count). The Morgan fingerprint density at radius 2 is 2.14 bits per heavy atom. The molecule has 3 N–H and O–H groups in total. The number of hydrogen-bond donors (Lipinski definition) is 2. The summed E-state index contributed by atoms with van der Waals surface area (Å²) in [6.07, 6.45) is 0. The molecule has 0 aliphatic heterocycles. The number of rotatable bonds is 1. The first-order valence-electron chi connectivity index (χ1n) is 4.16. The lowest BCUT2D eigenvalue weighted by molar-refractivity contribution is 0.100. The van der Waals surface area contributed by atoms with E-state index in [2.05, 4.69) is 4.98 Å². The third-order valence-corrected chi connectivity index (χ3v) is 2.10. The van der Waals surface area contributed by atoms with E-state index in [1.54, 1.807) is 6.07 Å².